The molecule has 0 unspecified atom stereocenters. The van der Waals surface area contributed by atoms with Crippen molar-refractivity contribution in [1.82, 2.24) is 0 Å². The van der Waals surface area contributed by atoms with Crippen LogP contribution in [0.1, 0.15) is 38.2 Å². The molecular formula is C20H24O3. The zero-order valence-electron chi connectivity index (χ0n) is 13.6. The molecule has 0 amide bonds. The van der Waals surface area contributed by atoms with Crippen molar-refractivity contribution in [1.29, 1.82) is 0 Å². The first kappa shape index (κ1) is 16.1. The molecule has 2 N–H and O–H groups in total. The van der Waals surface area contributed by atoms with Gasteiger partial charge >= 0.3 is 0 Å². The number of fused-ring (bicyclic) bond motifs is 3. The molecule has 1 saturated carbocycles. The summed E-state index contributed by atoms with van der Waals surface area (Å²) in [6.45, 7) is 3.79. The summed E-state index contributed by atoms with van der Waals surface area (Å²) in [6.07, 6.45) is 4.18. The van der Waals surface area contributed by atoms with E-state index in [4.69, 9.17) is 4.74 Å². The number of hydrogen-bond donors (Lipinski definition) is 2. The third-order valence-electron chi connectivity index (χ3n) is 5.00. The first-order valence-electron chi connectivity index (χ1n) is 8.31. The predicted octanol–water partition coefficient (Wildman–Crippen LogP) is 2.88. The second-order valence-corrected chi connectivity index (χ2v) is 6.58. The predicted molar refractivity (Wildman–Crippen MR) is 90.1 cm³/mol. The van der Waals surface area contributed by atoms with Crippen LogP contribution in [0, 0.1) is 23.7 Å². The average molecular weight is 312 g/mol. The van der Waals surface area contributed by atoms with E-state index in [1.807, 2.05) is 44.2 Å². The third-order valence-corrected chi connectivity index (χ3v) is 5.00. The first-order valence-corrected chi connectivity index (χ1v) is 8.31. The van der Waals surface area contributed by atoms with Crippen molar-refractivity contribution in [2.75, 3.05) is 0 Å². The number of aliphatic hydroxyl groups is 2. The van der Waals surface area contributed by atoms with Crippen LogP contribution < -0.4 is 4.74 Å². The molecule has 3 heteroatoms. The topological polar surface area (TPSA) is 49.7 Å². The van der Waals surface area contributed by atoms with Crippen LogP contribution in [0.3, 0.4) is 0 Å². The largest absolute Gasteiger partial charge is 0.489 e. The highest BCUT2D eigenvalue weighted by atomic mass is 16.5. The van der Waals surface area contributed by atoms with Gasteiger partial charge in [-0.25, -0.2) is 0 Å². The molecule has 122 valence electrons. The second-order valence-electron chi connectivity index (χ2n) is 6.58. The van der Waals surface area contributed by atoms with Gasteiger partial charge in [0.15, 0.2) is 0 Å². The van der Waals surface area contributed by atoms with E-state index in [0.29, 0.717) is 12.8 Å². The SMILES string of the molecule is CC#CC[C@H](C)[C@@H](O)/C=C/[C@H]1[C@@H]2c3ccccc3O[C@@H]2C[C@@H]1O. The fourth-order valence-corrected chi connectivity index (χ4v) is 3.65. The first-order chi connectivity index (χ1) is 11.1. The van der Waals surface area contributed by atoms with Crippen LogP contribution in [0.25, 0.3) is 0 Å². The molecule has 1 aromatic carbocycles. The van der Waals surface area contributed by atoms with Gasteiger partial charge in [0.05, 0.1) is 12.2 Å². The van der Waals surface area contributed by atoms with Crippen molar-refractivity contribution < 1.29 is 14.9 Å². The quantitative estimate of drug-likeness (QED) is 0.664. The fraction of sp³-hybridized carbons (Fsp3) is 0.500. The van der Waals surface area contributed by atoms with Gasteiger partial charge in [-0.15, -0.1) is 11.8 Å². The van der Waals surface area contributed by atoms with Crippen LogP contribution in [-0.4, -0.2) is 28.5 Å². The van der Waals surface area contributed by atoms with Crippen molar-refractivity contribution >= 4 is 0 Å². The molecule has 3 nitrogen and oxygen atoms in total. The summed E-state index contributed by atoms with van der Waals surface area (Å²) in [7, 11) is 0. The lowest BCUT2D eigenvalue weighted by Gasteiger charge is -2.18. The Morgan fingerprint density at radius 3 is 2.96 bits per heavy atom. The molecule has 6 atom stereocenters. The molecule has 1 aliphatic carbocycles. The van der Waals surface area contributed by atoms with E-state index in [1.54, 1.807) is 0 Å². The molecule has 0 radical (unpaired) electrons. The van der Waals surface area contributed by atoms with Crippen molar-refractivity contribution in [2.24, 2.45) is 11.8 Å². The van der Waals surface area contributed by atoms with Gasteiger partial charge in [0.25, 0.3) is 0 Å². The van der Waals surface area contributed by atoms with Crippen molar-refractivity contribution in [3.05, 3.63) is 42.0 Å². The van der Waals surface area contributed by atoms with Gasteiger partial charge in [-0.05, 0) is 18.9 Å². The molecule has 2 aliphatic rings. The molecule has 0 aromatic heterocycles. The van der Waals surface area contributed by atoms with Gasteiger partial charge in [0.2, 0.25) is 0 Å². The number of ether oxygens (including phenoxy) is 1. The Morgan fingerprint density at radius 1 is 1.39 bits per heavy atom. The van der Waals surface area contributed by atoms with Crippen LogP contribution >= 0.6 is 0 Å². The minimum Gasteiger partial charge on any atom is -0.489 e. The normalized spacial score (nSPS) is 31.0. The zero-order valence-corrected chi connectivity index (χ0v) is 13.6. The van der Waals surface area contributed by atoms with Gasteiger partial charge in [-0.3, -0.25) is 0 Å². The Balaban J connectivity index is 1.74. The Hall–Kier alpha value is -1.76. The Bertz CT molecular complexity index is 640. The highest BCUT2D eigenvalue weighted by molar-refractivity contribution is 5.43. The summed E-state index contributed by atoms with van der Waals surface area (Å²) >= 11 is 0. The molecule has 1 heterocycles. The van der Waals surface area contributed by atoms with Crippen LogP contribution in [0.15, 0.2) is 36.4 Å². The van der Waals surface area contributed by atoms with E-state index in [9.17, 15) is 10.2 Å². The maximum absolute atomic E-state index is 10.4. The maximum atomic E-state index is 10.4. The van der Waals surface area contributed by atoms with E-state index >= 15 is 0 Å². The molecule has 3 rings (SSSR count). The van der Waals surface area contributed by atoms with Crippen molar-refractivity contribution in [3.63, 3.8) is 0 Å². The second kappa shape index (κ2) is 6.78. The lowest BCUT2D eigenvalue weighted by Crippen LogP contribution is -2.19. The van der Waals surface area contributed by atoms with Crippen molar-refractivity contribution in [2.45, 2.75) is 50.9 Å². The van der Waals surface area contributed by atoms with Gasteiger partial charge in [0.1, 0.15) is 11.9 Å². The minimum atomic E-state index is -0.542. The summed E-state index contributed by atoms with van der Waals surface area (Å²) in [5.41, 5.74) is 1.17. The highest BCUT2D eigenvalue weighted by Gasteiger charge is 2.48. The molecule has 1 fully saturated rings. The zero-order chi connectivity index (χ0) is 16.4. The number of rotatable bonds is 4. The molecule has 0 saturated heterocycles. The van der Waals surface area contributed by atoms with Gasteiger partial charge in [-0.1, -0.05) is 37.3 Å². The Labute approximate surface area is 138 Å². The monoisotopic (exact) mass is 312 g/mol. The molecule has 1 aromatic rings. The van der Waals surface area contributed by atoms with Gasteiger partial charge in [-0.2, -0.15) is 0 Å². The highest BCUT2D eigenvalue weighted by Crippen LogP contribution is 2.50. The lowest BCUT2D eigenvalue weighted by molar-refractivity contribution is 0.134. The molecular weight excluding hydrogens is 288 g/mol. The number of benzene rings is 1. The smallest absolute Gasteiger partial charge is 0.123 e. The van der Waals surface area contributed by atoms with Gasteiger partial charge < -0.3 is 14.9 Å². The van der Waals surface area contributed by atoms with Crippen LogP contribution in [0.2, 0.25) is 0 Å². The Kier molecular flexibility index (Phi) is 4.75. The molecule has 0 spiro atoms. The molecule has 0 bridgehead atoms. The lowest BCUT2D eigenvalue weighted by atomic mass is 9.87. The van der Waals surface area contributed by atoms with E-state index in [1.165, 1.54) is 5.56 Å². The molecule has 1 aliphatic heterocycles. The number of hydrogen-bond acceptors (Lipinski definition) is 3. The minimum absolute atomic E-state index is 0.0113. The number of para-hydroxylation sites is 1. The summed E-state index contributed by atoms with van der Waals surface area (Å²) in [5.74, 6) is 7.04. The molecule has 23 heavy (non-hydrogen) atoms. The number of aliphatic hydroxyl groups excluding tert-OH is 2. The summed E-state index contributed by atoms with van der Waals surface area (Å²) in [4.78, 5) is 0. The Morgan fingerprint density at radius 2 is 2.17 bits per heavy atom. The average Bonchev–Trinajstić information content (AvgIpc) is 3.05. The summed E-state index contributed by atoms with van der Waals surface area (Å²) < 4.78 is 5.96. The summed E-state index contributed by atoms with van der Waals surface area (Å²) in [5, 5.41) is 20.6. The van der Waals surface area contributed by atoms with Crippen LogP contribution in [-0.2, 0) is 0 Å². The van der Waals surface area contributed by atoms with Crippen molar-refractivity contribution in [3.8, 4) is 17.6 Å². The van der Waals surface area contributed by atoms with Crippen LogP contribution in [0.4, 0.5) is 0 Å². The van der Waals surface area contributed by atoms with E-state index in [2.05, 4.69) is 17.9 Å². The van der Waals surface area contributed by atoms with E-state index in [-0.39, 0.29) is 23.9 Å². The standard InChI is InChI=1S/C20H24O3/c1-3-4-7-13(2)16(21)11-10-14-17(22)12-19-20(14)15-8-5-6-9-18(15)23-19/h5-6,8-11,13-14,16-17,19-22H,7,12H2,1-2H3/b11-10+/t13-,14+,16-,17-,19+,20+/m0/s1. The van der Waals surface area contributed by atoms with E-state index in [0.717, 1.165) is 5.75 Å². The summed E-state index contributed by atoms with van der Waals surface area (Å²) in [6, 6.07) is 8.05. The third kappa shape index (κ3) is 3.15. The van der Waals surface area contributed by atoms with Crippen LogP contribution in [0.5, 0.6) is 5.75 Å². The van der Waals surface area contributed by atoms with E-state index < -0.39 is 12.2 Å². The van der Waals surface area contributed by atoms with Gasteiger partial charge in [0, 0.05) is 30.2 Å². The maximum Gasteiger partial charge on any atom is 0.123 e. The fourth-order valence-electron chi connectivity index (χ4n) is 3.65.